The third-order valence-electron chi connectivity index (χ3n) is 1.75. The van der Waals surface area contributed by atoms with Gasteiger partial charge in [-0.1, -0.05) is 0 Å². The quantitative estimate of drug-likeness (QED) is 0.607. The molecule has 1 heterocycles. The number of carbonyl (C=O) groups excluding carboxylic acids is 1. The number of aromatic hydroxyl groups is 1. The van der Waals surface area contributed by atoms with Crippen LogP contribution < -0.4 is 0 Å². The fourth-order valence-electron chi connectivity index (χ4n) is 0.995. The van der Waals surface area contributed by atoms with Gasteiger partial charge < -0.3 is 5.11 Å². The largest absolute Gasteiger partial charge is 0.505 e. The lowest BCUT2D eigenvalue weighted by Gasteiger charge is -2.05. The molecule has 0 aliphatic heterocycles. The van der Waals surface area contributed by atoms with E-state index in [1.807, 2.05) is 0 Å². The SMILES string of the molecule is Cc1ncc(COP=O)c(C=O)c1O. The number of hydrogen-bond donors (Lipinski definition) is 1. The summed E-state index contributed by atoms with van der Waals surface area (Å²) >= 11 is 0. The first-order chi connectivity index (χ1) is 6.70. The van der Waals surface area contributed by atoms with Crippen molar-refractivity contribution in [3.8, 4) is 5.75 Å². The van der Waals surface area contributed by atoms with E-state index in [0.29, 0.717) is 17.5 Å². The Labute approximate surface area is 82.0 Å². The number of carbonyl (C=O) groups is 1. The van der Waals surface area contributed by atoms with E-state index in [4.69, 9.17) is 0 Å². The normalized spacial score (nSPS) is 10.4. The number of pyridine rings is 1. The highest BCUT2D eigenvalue weighted by atomic mass is 31.1. The molecule has 6 heteroatoms. The van der Waals surface area contributed by atoms with Crippen LogP contribution in [0.4, 0.5) is 0 Å². The minimum absolute atomic E-state index is 0.0278. The molecule has 0 unspecified atom stereocenters. The van der Waals surface area contributed by atoms with Crippen molar-refractivity contribution < 1.29 is 19.0 Å². The van der Waals surface area contributed by atoms with Gasteiger partial charge in [0.2, 0.25) is 0 Å². The van der Waals surface area contributed by atoms with Crippen LogP contribution in [0.5, 0.6) is 5.75 Å². The number of rotatable bonds is 4. The van der Waals surface area contributed by atoms with Gasteiger partial charge in [0.25, 0.3) is 0 Å². The van der Waals surface area contributed by atoms with Crippen molar-refractivity contribution in [2.24, 2.45) is 0 Å². The van der Waals surface area contributed by atoms with Crippen LogP contribution in [0.1, 0.15) is 21.6 Å². The summed E-state index contributed by atoms with van der Waals surface area (Å²) < 4.78 is 14.6. The molecule has 0 fully saturated rings. The number of aryl methyl sites for hydroxylation is 1. The van der Waals surface area contributed by atoms with E-state index in [1.165, 1.54) is 6.20 Å². The van der Waals surface area contributed by atoms with Crippen LogP contribution in [0.15, 0.2) is 6.20 Å². The molecule has 0 saturated carbocycles. The van der Waals surface area contributed by atoms with Gasteiger partial charge in [0.15, 0.2) is 6.29 Å². The Hall–Kier alpha value is -1.32. The summed E-state index contributed by atoms with van der Waals surface area (Å²) in [5, 5.41) is 9.45. The van der Waals surface area contributed by atoms with Crippen molar-refractivity contribution in [2.75, 3.05) is 0 Å². The van der Waals surface area contributed by atoms with Gasteiger partial charge in [-0.25, -0.2) is 4.57 Å². The van der Waals surface area contributed by atoms with Crippen molar-refractivity contribution in [3.05, 3.63) is 23.0 Å². The Balaban J connectivity index is 3.10. The van der Waals surface area contributed by atoms with Crippen molar-refractivity contribution in [3.63, 3.8) is 0 Å². The van der Waals surface area contributed by atoms with Crippen LogP contribution in [0.3, 0.4) is 0 Å². The van der Waals surface area contributed by atoms with E-state index in [9.17, 15) is 14.5 Å². The predicted octanol–water partition coefficient (Wildman–Crippen LogP) is 1.63. The number of aromatic nitrogens is 1. The molecule has 0 aliphatic rings. The first-order valence-corrected chi connectivity index (χ1v) is 4.51. The van der Waals surface area contributed by atoms with E-state index < -0.39 is 8.69 Å². The van der Waals surface area contributed by atoms with E-state index in [0.717, 1.165) is 0 Å². The van der Waals surface area contributed by atoms with Crippen LogP contribution in [0, 0.1) is 6.92 Å². The van der Waals surface area contributed by atoms with Crippen molar-refractivity contribution >= 4 is 15.0 Å². The predicted molar refractivity (Wildman–Crippen MR) is 48.4 cm³/mol. The average Bonchev–Trinajstić information content (AvgIpc) is 2.20. The molecule has 1 aromatic rings. The Kier molecular flexibility index (Phi) is 3.68. The third kappa shape index (κ3) is 2.13. The summed E-state index contributed by atoms with van der Waals surface area (Å²) in [5.41, 5.74) is 0.906. The van der Waals surface area contributed by atoms with E-state index >= 15 is 0 Å². The zero-order valence-electron chi connectivity index (χ0n) is 7.43. The van der Waals surface area contributed by atoms with Crippen LogP contribution in [0.2, 0.25) is 0 Å². The molecule has 0 radical (unpaired) electrons. The zero-order chi connectivity index (χ0) is 10.6. The lowest BCUT2D eigenvalue weighted by atomic mass is 10.1. The molecule has 1 rings (SSSR count). The second-order valence-electron chi connectivity index (χ2n) is 2.60. The van der Waals surface area contributed by atoms with Gasteiger partial charge in [0.05, 0.1) is 17.9 Å². The highest BCUT2D eigenvalue weighted by Crippen LogP contribution is 2.22. The fourth-order valence-corrected chi connectivity index (χ4v) is 1.19. The molecule has 0 aliphatic carbocycles. The maximum atomic E-state index is 10.6. The summed E-state index contributed by atoms with van der Waals surface area (Å²) in [5.74, 6) is -0.163. The molecule has 0 spiro atoms. The standard InChI is InChI=1S/C8H8NO4P/c1-5-8(11)7(3-10)6(2-9-5)4-13-14-12/h2-3,11H,4H2,1H3. The molecular weight excluding hydrogens is 205 g/mol. The Morgan fingerprint density at radius 3 is 3.00 bits per heavy atom. The summed E-state index contributed by atoms with van der Waals surface area (Å²) in [7, 11) is -0.475. The van der Waals surface area contributed by atoms with Gasteiger partial charge >= 0.3 is 8.69 Å². The molecular formula is C8H8NO4P. The third-order valence-corrected chi connectivity index (χ3v) is 1.98. The molecule has 1 aromatic heterocycles. The molecule has 0 saturated heterocycles. The second-order valence-corrected chi connectivity index (χ2v) is 3.00. The van der Waals surface area contributed by atoms with E-state index in [-0.39, 0.29) is 17.9 Å². The van der Waals surface area contributed by atoms with Crippen LogP contribution in [-0.2, 0) is 15.7 Å². The molecule has 0 aromatic carbocycles. The summed E-state index contributed by atoms with van der Waals surface area (Å²) in [6.45, 7) is 1.55. The molecule has 5 nitrogen and oxygen atoms in total. The molecule has 0 bridgehead atoms. The zero-order valence-corrected chi connectivity index (χ0v) is 8.32. The van der Waals surface area contributed by atoms with Gasteiger partial charge in [0, 0.05) is 11.8 Å². The number of hydrogen-bond acceptors (Lipinski definition) is 5. The summed E-state index contributed by atoms with van der Waals surface area (Å²) in [6.07, 6.45) is 1.92. The Morgan fingerprint density at radius 2 is 2.43 bits per heavy atom. The summed E-state index contributed by atoms with van der Waals surface area (Å²) in [6, 6.07) is 0. The lowest BCUT2D eigenvalue weighted by Crippen LogP contribution is -1.97. The van der Waals surface area contributed by atoms with Crippen LogP contribution >= 0.6 is 8.69 Å². The maximum Gasteiger partial charge on any atom is 0.327 e. The highest BCUT2D eigenvalue weighted by molar-refractivity contribution is 7.17. The maximum absolute atomic E-state index is 10.6. The van der Waals surface area contributed by atoms with Gasteiger partial charge in [-0.3, -0.25) is 14.3 Å². The van der Waals surface area contributed by atoms with Crippen LogP contribution in [-0.4, -0.2) is 16.4 Å². The van der Waals surface area contributed by atoms with Crippen molar-refractivity contribution in [1.82, 2.24) is 4.98 Å². The minimum Gasteiger partial charge on any atom is -0.505 e. The topological polar surface area (TPSA) is 76.5 Å². The second kappa shape index (κ2) is 4.79. The van der Waals surface area contributed by atoms with Gasteiger partial charge in [0.1, 0.15) is 5.75 Å². The number of aldehydes is 1. The highest BCUT2D eigenvalue weighted by Gasteiger charge is 2.10. The minimum atomic E-state index is -0.475. The van der Waals surface area contributed by atoms with Gasteiger partial charge in [-0.05, 0) is 6.92 Å². The van der Waals surface area contributed by atoms with Gasteiger partial charge in [-0.15, -0.1) is 0 Å². The van der Waals surface area contributed by atoms with Crippen molar-refractivity contribution in [1.29, 1.82) is 0 Å². The number of nitrogens with zero attached hydrogens (tertiary/aromatic N) is 1. The molecule has 74 valence electrons. The average molecular weight is 213 g/mol. The Bertz CT molecular complexity index is 367. The van der Waals surface area contributed by atoms with Gasteiger partial charge in [-0.2, -0.15) is 0 Å². The van der Waals surface area contributed by atoms with E-state index in [2.05, 4.69) is 9.51 Å². The monoisotopic (exact) mass is 213 g/mol. The molecule has 0 atom stereocenters. The summed E-state index contributed by atoms with van der Waals surface area (Å²) in [4.78, 5) is 14.5. The van der Waals surface area contributed by atoms with Crippen molar-refractivity contribution in [2.45, 2.75) is 13.5 Å². The fraction of sp³-hybridized carbons (Fsp3) is 0.250. The molecule has 14 heavy (non-hydrogen) atoms. The van der Waals surface area contributed by atoms with Crippen LogP contribution in [0.25, 0.3) is 0 Å². The molecule has 1 N–H and O–H groups in total. The first kappa shape index (κ1) is 10.8. The Morgan fingerprint density at radius 1 is 1.71 bits per heavy atom. The van der Waals surface area contributed by atoms with E-state index in [1.54, 1.807) is 6.92 Å². The first-order valence-electron chi connectivity index (χ1n) is 3.78. The molecule has 0 amide bonds. The smallest absolute Gasteiger partial charge is 0.327 e. The lowest BCUT2D eigenvalue weighted by molar-refractivity contribution is 0.111.